The van der Waals surface area contributed by atoms with E-state index in [0.29, 0.717) is 33.8 Å². The zero-order valence-electron chi connectivity index (χ0n) is 21.2. The molecule has 1 saturated heterocycles. The van der Waals surface area contributed by atoms with Crippen LogP contribution in [0, 0.1) is 17.2 Å². The second-order valence-electron chi connectivity index (χ2n) is 10.2. The summed E-state index contributed by atoms with van der Waals surface area (Å²) < 4.78 is 0. The molecule has 0 bridgehead atoms. The predicted octanol–water partition coefficient (Wildman–Crippen LogP) is 7.34. The van der Waals surface area contributed by atoms with E-state index in [-0.39, 0.29) is 11.4 Å². The molecule has 3 aromatic carbocycles. The molecular weight excluding hydrogens is 503 g/mol. The van der Waals surface area contributed by atoms with Gasteiger partial charge in [-0.15, -0.1) is 0 Å². The van der Waals surface area contributed by atoms with Crippen LogP contribution in [-0.2, 0) is 5.41 Å². The van der Waals surface area contributed by atoms with E-state index in [4.69, 9.17) is 23.2 Å². The van der Waals surface area contributed by atoms with Crippen LogP contribution in [0.15, 0.2) is 66.7 Å². The maximum atomic E-state index is 12.8. The van der Waals surface area contributed by atoms with E-state index in [1.807, 2.05) is 24.3 Å². The van der Waals surface area contributed by atoms with Crippen molar-refractivity contribution in [3.8, 4) is 17.2 Å². The second kappa shape index (κ2) is 12.0. The highest BCUT2D eigenvalue weighted by atomic mass is 35.5. The number of piperidine rings is 1. The maximum Gasteiger partial charge on any atom is 0.319 e. The maximum absolute atomic E-state index is 12.8. The Morgan fingerprint density at radius 1 is 1.00 bits per heavy atom. The molecule has 2 N–H and O–H groups in total. The van der Waals surface area contributed by atoms with E-state index in [0.717, 1.165) is 43.6 Å². The lowest BCUT2D eigenvalue weighted by molar-refractivity contribution is 0.144. The van der Waals surface area contributed by atoms with Gasteiger partial charge in [0.2, 0.25) is 0 Å². The summed E-state index contributed by atoms with van der Waals surface area (Å²) in [5, 5.41) is 16.1. The molecule has 2 amide bonds. The number of nitriles is 1. The number of rotatable bonds is 7. The summed E-state index contributed by atoms with van der Waals surface area (Å²) in [4.78, 5) is 15.3. The minimum atomic E-state index is -0.285. The molecule has 0 atom stereocenters. The van der Waals surface area contributed by atoms with Gasteiger partial charge in [-0.05, 0) is 78.9 Å². The molecule has 37 heavy (non-hydrogen) atoms. The standard InChI is InChI=1S/C30H32Cl2N4O/c1-21(2)19-36-12-10-30(11-13-36,20-34-29(37)35-28-16-26(31)15-27(32)17-28)25-8-6-23(7-9-25)24-5-3-4-22(14-24)18-33/h3-9,14-17,21H,10-13,19-20H2,1-2H3,(H2,34,35,37). The number of benzene rings is 3. The predicted molar refractivity (Wildman–Crippen MR) is 152 cm³/mol. The number of nitrogens with one attached hydrogen (secondary N) is 2. The average molecular weight is 536 g/mol. The number of carbonyl (C=O) groups excluding carboxylic acids is 1. The molecule has 4 rings (SSSR count). The molecule has 1 aliphatic heterocycles. The topological polar surface area (TPSA) is 68.2 Å². The van der Waals surface area contributed by atoms with Gasteiger partial charge in [0.05, 0.1) is 11.6 Å². The fourth-order valence-electron chi connectivity index (χ4n) is 5.08. The van der Waals surface area contributed by atoms with E-state index < -0.39 is 0 Å². The Balaban J connectivity index is 1.52. The van der Waals surface area contributed by atoms with E-state index in [1.165, 1.54) is 5.56 Å². The van der Waals surface area contributed by atoms with Crippen molar-refractivity contribution in [3.05, 3.63) is 87.9 Å². The van der Waals surface area contributed by atoms with Crippen molar-refractivity contribution in [1.29, 1.82) is 5.26 Å². The summed E-state index contributed by atoms with van der Waals surface area (Å²) in [6.45, 7) is 8.06. The largest absolute Gasteiger partial charge is 0.337 e. The highest BCUT2D eigenvalue weighted by Crippen LogP contribution is 2.36. The molecule has 192 valence electrons. The zero-order valence-corrected chi connectivity index (χ0v) is 22.7. The van der Waals surface area contributed by atoms with E-state index in [9.17, 15) is 10.1 Å². The fourth-order valence-corrected chi connectivity index (χ4v) is 5.61. The Hall–Kier alpha value is -3.04. The van der Waals surface area contributed by atoms with Gasteiger partial charge in [-0.25, -0.2) is 4.79 Å². The van der Waals surface area contributed by atoms with Crippen LogP contribution in [0.5, 0.6) is 0 Å². The fraction of sp³-hybridized carbons (Fsp3) is 0.333. The first kappa shape index (κ1) is 27.0. The highest BCUT2D eigenvalue weighted by Gasteiger charge is 2.36. The molecule has 0 radical (unpaired) electrons. The summed E-state index contributed by atoms with van der Waals surface area (Å²) in [7, 11) is 0. The number of hydrogen-bond donors (Lipinski definition) is 2. The molecule has 0 saturated carbocycles. The van der Waals surface area contributed by atoms with Gasteiger partial charge in [0.15, 0.2) is 0 Å². The smallest absolute Gasteiger partial charge is 0.319 e. The summed E-state index contributed by atoms with van der Waals surface area (Å²) in [5.41, 5.74) is 4.32. The van der Waals surface area contributed by atoms with Crippen molar-refractivity contribution in [2.45, 2.75) is 32.1 Å². The Labute approximate surface area is 229 Å². The summed E-state index contributed by atoms with van der Waals surface area (Å²) in [6.07, 6.45) is 1.90. The minimum absolute atomic E-state index is 0.177. The van der Waals surface area contributed by atoms with Gasteiger partial charge in [-0.3, -0.25) is 0 Å². The average Bonchev–Trinajstić information content (AvgIpc) is 2.88. The van der Waals surface area contributed by atoms with E-state index in [1.54, 1.807) is 18.2 Å². The third-order valence-corrected chi connectivity index (χ3v) is 7.40. The molecule has 0 aliphatic carbocycles. The third-order valence-electron chi connectivity index (χ3n) is 6.97. The number of amides is 2. The normalized spacial score (nSPS) is 15.2. The van der Waals surface area contributed by atoms with Crippen molar-refractivity contribution < 1.29 is 4.79 Å². The van der Waals surface area contributed by atoms with Crippen LogP contribution in [0.2, 0.25) is 10.0 Å². The zero-order chi connectivity index (χ0) is 26.4. The molecule has 1 fully saturated rings. The number of hydrogen-bond acceptors (Lipinski definition) is 3. The molecule has 7 heteroatoms. The number of urea groups is 1. The van der Waals surface area contributed by atoms with Crippen LogP contribution in [0.1, 0.15) is 37.8 Å². The number of carbonyl (C=O) groups is 1. The Morgan fingerprint density at radius 2 is 1.68 bits per heavy atom. The van der Waals surface area contributed by atoms with Gasteiger partial charge in [-0.2, -0.15) is 5.26 Å². The Morgan fingerprint density at radius 3 is 2.30 bits per heavy atom. The molecule has 3 aromatic rings. The van der Waals surface area contributed by atoms with Crippen molar-refractivity contribution in [2.75, 3.05) is 31.5 Å². The van der Waals surface area contributed by atoms with Gasteiger partial charge in [-0.1, -0.05) is 73.4 Å². The van der Waals surface area contributed by atoms with Gasteiger partial charge in [0, 0.05) is 34.2 Å². The van der Waals surface area contributed by atoms with Crippen molar-refractivity contribution in [1.82, 2.24) is 10.2 Å². The molecule has 0 spiro atoms. The minimum Gasteiger partial charge on any atom is -0.337 e. The van der Waals surface area contributed by atoms with Crippen molar-refractivity contribution in [3.63, 3.8) is 0 Å². The molecule has 0 unspecified atom stereocenters. The summed E-state index contributed by atoms with van der Waals surface area (Å²) in [5.74, 6) is 0.615. The third kappa shape index (κ3) is 7.05. The van der Waals surface area contributed by atoms with E-state index in [2.05, 4.69) is 59.7 Å². The van der Waals surface area contributed by atoms with Crippen LogP contribution in [0.4, 0.5) is 10.5 Å². The van der Waals surface area contributed by atoms with Crippen LogP contribution in [0.25, 0.3) is 11.1 Å². The number of likely N-dealkylation sites (tertiary alicyclic amines) is 1. The van der Waals surface area contributed by atoms with Gasteiger partial charge in [0.25, 0.3) is 0 Å². The van der Waals surface area contributed by atoms with E-state index >= 15 is 0 Å². The number of halogens is 2. The molecule has 1 heterocycles. The first-order valence-electron chi connectivity index (χ1n) is 12.6. The lowest BCUT2D eigenvalue weighted by Gasteiger charge is -2.43. The quantitative estimate of drug-likeness (QED) is 0.333. The molecule has 0 aromatic heterocycles. The lowest BCUT2D eigenvalue weighted by atomic mass is 9.72. The number of nitrogens with zero attached hydrogens (tertiary/aromatic N) is 2. The van der Waals surface area contributed by atoms with Gasteiger partial charge in [0.1, 0.15) is 0 Å². The molecule has 1 aliphatic rings. The van der Waals surface area contributed by atoms with Gasteiger partial charge < -0.3 is 15.5 Å². The summed E-state index contributed by atoms with van der Waals surface area (Å²) in [6, 6.07) is 23.1. The Bertz CT molecular complexity index is 1260. The first-order valence-corrected chi connectivity index (χ1v) is 13.4. The summed E-state index contributed by atoms with van der Waals surface area (Å²) >= 11 is 12.2. The number of anilines is 1. The Kier molecular flexibility index (Phi) is 8.76. The second-order valence-corrected chi connectivity index (χ2v) is 11.1. The van der Waals surface area contributed by atoms with Crippen LogP contribution in [-0.4, -0.2) is 37.1 Å². The van der Waals surface area contributed by atoms with Crippen LogP contribution >= 0.6 is 23.2 Å². The van der Waals surface area contributed by atoms with Crippen molar-refractivity contribution in [2.24, 2.45) is 5.92 Å². The first-order chi connectivity index (χ1) is 17.8. The molecular formula is C30H32Cl2N4O. The van der Waals surface area contributed by atoms with Gasteiger partial charge >= 0.3 is 6.03 Å². The van der Waals surface area contributed by atoms with Crippen LogP contribution < -0.4 is 10.6 Å². The highest BCUT2D eigenvalue weighted by molar-refractivity contribution is 6.35. The SMILES string of the molecule is CC(C)CN1CCC(CNC(=O)Nc2cc(Cl)cc(Cl)c2)(c2ccc(-c3cccc(C#N)c3)cc2)CC1. The van der Waals surface area contributed by atoms with Crippen LogP contribution in [0.3, 0.4) is 0 Å². The van der Waals surface area contributed by atoms with Crippen molar-refractivity contribution >= 4 is 34.9 Å². The molecule has 5 nitrogen and oxygen atoms in total. The lowest BCUT2D eigenvalue weighted by Crippen LogP contribution is -2.50. The monoisotopic (exact) mass is 534 g/mol.